The third-order valence-electron chi connectivity index (χ3n) is 4.24. The molecule has 3 heterocycles. The molecule has 0 spiro atoms. The maximum absolute atomic E-state index is 4.80. The number of nitrogens with zero attached hydrogens (tertiary/aromatic N) is 3. The van der Waals surface area contributed by atoms with Gasteiger partial charge in [0, 0.05) is 24.5 Å². The van der Waals surface area contributed by atoms with E-state index in [1.165, 1.54) is 42.4 Å². The summed E-state index contributed by atoms with van der Waals surface area (Å²) in [7, 11) is 1.89. The van der Waals surface area contributed by atoms with Gasteiger partial charge >= 0.3 is 0 Å². The van der Waals surface area contributed by atoms with Gasteiger partial charge in [-0.3, -0.25) is 0 Å². The van der Waals surface area contributed by atoms with Gasteiger partial charge in [0.2, 0.25) is 5.95 Å². The normalized spacial score (nSPS) is 19.2. The molecular formula is C16H24N4S. The Labute approximate surface area is 130 Å². The van der Waals surface area contributed by atoms with Crippen LogP contribution in [0.15, 0.2) is 6.07 Å². The van der Waals surface area contributed by atoms with Crippen LogP contribution in [0.2, 0.25) is 0 Å². The zero-order valence-electron chi connectivity index (χ0n) is 13.1. The molecule has 0 radical (unpaired) electrons. The van der Waals surface area contributed by atoms with Gasteiger partial charge in [0.25, 0.3) is 0 Å². The standard InChI is InChI=1S/C16H24N4S/c1-4-7-12-8-5-6-9-20(12)14-13-10-11(2)21-15(13)19-16(17-3)18-14/h10,12H,4-9H2,1-3H3,(H,17,18,19). The Kier molecular flexibility index (Phi) is 4.29. The number of hydrogen-bond donors (Lipinski definition) is 1. The number of hydrogen-bond acceptors (Lipinski definition) is 5. The molecule has 0 amide bonds. The number of anilines is 2. The summed E-state index contributed by atoms with van der Waals surface area (Å²) in [6, 6.07) is 2.87. The molecular weight excluding hydrogens is 280 g/mol. The third-order valence-corrected chi connectivity index (χ3v) is 5.18. The molecule has 2 aromatic rings. The van der Waals surface area contributed by atoms with Crippen LogP contribution in [0.4, 0.5) is 11.8 Å². The molecule has 4 nitrogen and oxygen atoms in total. The molecule has 0 aromatic carbocycles. The van der Waals surface area contributed by atoms with E-state index in [1.54, 1.807) is 11.3 Å². The minimum atomic E-state index is 0.631. The number of piperidine rings is 1. The van der Waals surface area contributed by atoms with Crippen molar-refractivity contribution in [3.63, 3.8) is 0 Å². The second-order valence-corrected chi connectivity index (χ2v) is 7.06. The fraction of sp³-hybridized carbons (Fsp3) is 0.625. The molecule has 1 aliphatic heterocycles. The van der Waals surface area contributed by atoms with E-state index in [1.807, 2.05) is 7.05 Å². The zero-order chi connectivity index (χ0) is 14.8. The Balaban J connectivity index is 2.08. The SMILES string of the molecule is CCCC1CCCCN1c1nc(NC)nc2sc(C)cc12. The second kappa shape index (κ2) is 6.18. The van der Waals surface area contributed by atoms with Gasteiger partial charge < -0.3 is 10.2 Å². The van der Waals surface area contributed by atoms with E-state index < -0.39 is 0 Å². The van der Waals surface area contributed by atoms with Crippen LogP contribution in [-0.2, 0) is 0 Å². The Morgan fingerprint density at radius 1 is 1.38 bits per heavy atom. The Morgan fingerprint density at radius 2 is 2.24 bits per heavy atom. The lowest BCUT2D eigenvalue weighted by Crippen LogP contribution is -2.40. The van der Waals surface area contributed by atoms with Gasteiger partial charge in [-0.25, -0.2) is 4.98 Å². The first-order valence-corrected chi connectivity index (χ1v) is 8.77. The quantitative estimate of drug-likeness (QED) is 0.919. The van der Waals surface area contributed by atoms with Crippen molar-refractivity contribution in [1.82, 2.24) is 9.97 Å². The molecule has 1 unspecified atom stereocenters. The first kappa shape index (κ1) is 14.6. The number of aromatic nitrogens is 2. The molecule has 1 saturated heterocycles. The molecule has 1 fully saturated rings. The van der Waals surface area contributed by atoms with Crippen LogP contribution in [0.1, 0.15) is 43.9 Å². The predicted octanol–water partition coefficient (Wildman–Crippen LogP) is 4.20. The van der Waals surface area contributed by atoms with Crippen molar-refractivity contribution >= 4 is 33.3 Å². The van der Waals surface area contributed by atoms with Gasteiger partial charge in [0.1, 0.15) is 10.6 Å². The first-order valence-electron chi connectivity index (χ1n) is 7.95. The van der Waals surface area contributed by atoms with Gasteiger partial charge in [0.05, 0.1) is 5.39 Å². The van der Waals surface area contributed by atoms with Crippen molar-refractivity contribution in [2.75, 3.05) is 23.8 Å². The molecule has 21 heavy (non-hydrogen) atoms. The molecule has 1 atom stereocenters. The monoisotopic (exact) mass is 304 g/mol. The Morgan fingerprint density at radius 3 is 3.00 bits per heavy atom. The molecule has 0 bridgehead atoms. The van der Waals surface area contributed by atoms with Crippen LogP contribution in [0, 0.1) is 6.92 Å². The van der Waals surface area contributed by atoms with Gasteiger partial charge in [-0.2, -0.15) is 4.98 Å². The summed E-state index contributed by atoms with van der Waals surface area (Å²) < 4.78 is 0. The van der Waals surface area contributed by atoms with Crippen LogP contribution >= 0.6 is 11.3 Å². The van der Waals surface area contributed by atoms with E-state index in [4.69, 9.17) is 4.98 Å². The van der Waals surface area contributed by atoms with Gasteiger partial charge in [-0.1, -0.05) is 13.3 Å². The fourth-order valence-electron chi connectivity index (χ4n) is 3.27. The molecule has 0 saturated carbocycles. The average Bonchev–Trinajstić information content (AvgIpc) is 2.87. The minimum Gasteiger partial charge on any atom is -0.357 e. The highest BCUT2D eigenvalue weighted by molar-refractivity contribution is 7.18. The molecule has 5 heteroatoms. The van der Waals surface area contributed by atoms with E-state index >= 15 is 0 Å². The van der Waals surface area contributed by atoms with E-state index in [0.717, 1.165) is 23.1 Å². The zero-order valence-corrected chi connectivity index (χ0v) is 14.0. The van der Waals surface area contributed by atoms with Crippen molar-refractivity contribution < 1.29 is 0 Å². The summed E-state index contributed by atoms with van der Waals surface area (Å²) in [5.41, 5.74) is 0. The molecule has 1 aliphatic rings. The van der Waals surface area contributed by atoms with Crippen molar-refractivity contribution in [3.05, 3.63) is 10.9 Å². The van der Waals surface area contributed by atoms with Crippen LogP contribution in [0.5, 0.6) is 0 Å². The molecule has 1 N–H and O–H groups in total. The predicted molar refractivity (Wildman–Crippen MR) is 91.6 cm³/mol. The lowest BCUT2D eigenvalue weighted by molar-refractivity contribution is 0.433. The second-order valence-electron chi connectivity index (χ2n) is 5.83. The van der Waals surface area contributed by atoms with Crippen molar-refractivity contribution in [3.8, 4) is 0 Å². The third kappa shape index (κ3) is 2.84. The highest BCUT2D eigenvalue weighted by atomic mass is 32.1. The highest BCUT2D eigenvalue weighted by Gasteiger charge is 2.25. The van der Waals surface area contributed by atoms with Crippen LogP contribution in [0.25, 0.3) is 10.2 Å². The summed E-state index contributed by atoms with van der Waals surface area (Å²) in [6.45, 7) is 5.54. The van der Waals surface area contributed by atoms with Crippen LogP contribution in [0.3, 0.4) is 0 Å². The minimum absolute atomic E-state index is 0.631. The van der Waals surface area contributed by atoms with E-state index in [2.05, 4.69) is 35.1 Å². The summed E-state index contributed by atoms with van der Waals surface area (Å²) >= 11 is 1.76. The van der Waals surface area contributed by atoms with E-state index in [9.17, 15) is 0 Å². The Bertz CT molecular complexity index is 620. The molecule has 2 aromatic heterocycles. The fourth-order valence-corrected chi connectivity index (χ4v) is 4.14. The van der Waals surface area contributed by atoms with Crippen LogP contribution in [-0.4, -0.2) is 29.6 Å². The molecule has 3 rings (SSSR count). The summed E-state index contributed by atoms with van der Waals surface area (Å²) in [5.74, 6) is 1.87. The molecule has 114 valence electrons. The van der Waals surface area contributed by atoms with Gasteiger partial charge in [-0.05, 0) is 38.7 Å². The maximum Gasteiger partial charge on any atom is 0.225 e. The van der Waals surface area contributed by atoms with Gasteiger partial charge in [0.15, 0.2) is 0 Å². The lowest BCUT2D eigenvalue weighted by atomic mass is 9.98. The smallest absolute Gasteiger partial charge is 0.225 e. The van der Waals surface area contributed by atoms with Crippen molar-refractivity contribution in [2.24, 2.45) is 0 Å². The number of thiophene rings is 1. The topological polar surface area (TPSA) is 41.1 Å². The van der Waals surface area contributed by atoms with Gasteiger partial charge in [-0.15, -0.1) is 11.3 Å². The van der Waals surface area contributed by atoms with E-state index in [0.29, 0.717) is 6.04 Å². The Hall–Kier alpha value is -1.36. The average molecular weight is 304 g/mol. The van der Waals surface area contributed by atoms with Crippen molar-refractivity contribution in [1.29, 1.82) is 0 Å². The summed E-state index contributed by atoms with van der Waals surface area (Å²) in [5, 5.41) is 4.33. The largest absolute Gasteiger partial charge is 0.357 e. The number of rotatable bonds is 4. The maximum atomic E-state index is 4.80. The van der Waals surface area contributed by atoms with Crippen molar-refractivity contribution in [2.45, 2.75) is 52.0 Å². The number of nitrogens with one attached hydrogen (secondary N) is 1. The first-order chi connectivity index (χ1) is 10.2. The summed E-state index contributed by atoms with van der Waals surface area (Å²) in [4.78, 5) is 14.3. The summed E-state index contributed by atoms with van der Waals surface area (Å²) in [6.07, 6.45) is 6.39. The number of aryl methyl sites for hydroxylation is 1. The number of fused-ring (bicyclic) bond motifs is 1. The molecule has 0 aliphatic carbocycles. The van der Waals surface area contributed by atoms with Crippen LogP contribution < -0.4 is 10.2 Å². The highest BCUT2D eigenvalue weighted by Crippen LogP contribution is 2.35. The van der Waals surface area contributed by atoms with E-state index in [-0.39, 0.29) is 0 Å². The lowest BCUT2D eigenvalue weighted by Gasteiger charge is -2.37.